The Kier molecular flexibility index (Phi) is 7.54. The van der Waals surface area contributed by atoms with E-state index in [2.05, 4.69) is 43.5 Å². The number of carboxylic acids is 2. The van der Waals surface area contributed by atoms with Crippen molar-refractivity contribution in [3.63, 3.8) is 0 Å². The lowest BCUT2D eigenvalue weighted by molar-refractivity contribution is -0.159. The summed E-state index contributed by atoms with van der Waals surface area (Å²) in [5.74, 6) is -2.40. The average molecular weight is 401 g/mol. The molecule has 0 aliphatic carbocycles. The van der Waals surface area contributed by atoms with Gasteiger partial charge in [-0.15, -0.1) is 11.3 Å². The Hall–Kier alpha value is -2.90. The van der Waals surface area contributed by atoms with Crippen molar-refractivity contribution in [1.29, 1.82) is 0 Å². The second-order valence-corrected chi connectivity index (χ2v) is 7.44. The van der Waals surface area contributed by atoms with Crippen LogP contribution in [0, 0.1) is 5.92 Å². The van der Waals surface area contributed by atoms with E-state index < -0.39 is 11.9 Å². The molecule has 0 fully saturated rings. The van der Waals surface area contributed by atoms with Crippen molar-refractivity contribution in [1.82, 2.24) is 0 Å². The smallest absolute Gasteiger partial charge is 0.414 e. The third-order valence-electron chi connectivity index (χ3n) is 4.13. The van der Waals surface area contributed by atoms with Crippen molar-refractivity contribution in [2.75, 3.05) is 0 Å². The molecule has 2 aromatic carbocycles. The lowest BCUT2D eigenvalue weighted by atomic mass is 9.98. The standard InChI is InChI=1S/C19H21NOS.C2H2O4/c1-13(2)18(20)19(17-11-6-12-22-17)21-16-10-5-8-14-7-3-4-9-15(14)16;3-1(4)2(5)6/h3-13,18-19H,20H2,1-2H3;(H,3,4)(H,5,6). The van der Waals surface area contributed by atoms with E-state index in [1.54, 1.807) is 11.3 Å². The van der Waals surface area contributed by atoms with Crippen LogP contribution in [0.1, 0.15) is 24.8 Å². The SMILES string of the molecule is CC(C)C(N)C(Oc1cccc2ccccc12)c1cccs1.O=C(O)C(=O)O. The molecule has 3 aromatic rings. The first-order valence-electron chi connectivity index (χ1n) is 8.71. The van der Waals surface area contributed by atoms with E-state index in [0.717, 1.165) is 11.1 Å². The van der Waals surface area contributed by atoms with Crippen LogP contribution in [0.4, 0.5) is 0 Å². The van der Waals surface area contributed by atoms with Crippen molar-refractivity contribution in [3.8, 4) is 5.75 Å². The Labute approximate surface area is 167 Å². The van der Waals surface area contributed by atoms with Crippen molar-refractivity contribution in [2.45, 2.75) is 26.0 Å². The lowest BCUT2D eigenvalue weighted by Gasteiger charge is -2.27. The normalized spacial score (nSPS) is 12.7. The highest BCUT2D eigenvalue weighted by molar-refractivity contribution is 7.10. The third kappa shape index (κ3) is 5.55. The van der Waals surface area contributed by atoms with Gasteiger partial charge >= 0.3 is 11.9 Å². The molecule has 0 amide bonds. The number of nitrogens with two attached hydrogens (primary N) is 1. The molecule has 4 N–H and O–H groups in total. The summed E-state index contributed by atoms with van der Waals surface area (Å²) < 4.78 is 6.38. The van der Waals surface area contributed by atoms with Crippen LogP contribution >= 0.6 is 11.3 Å². The molecule has 0 aliphatic rings. The molecule has 0 aliphatic heterocycles. The Morgan fingerprint density at radius 3 is 2.18 bits per heavy atom. The second-order valence-electron chi connectivity index (χ2n) is 6.46. The first kappa shape index (κ1) is 21.4. The molecule has 7 heteroatoms. The summed E-state index contributed by atoms with van der Waals surface area (Å²) in [6.07, 6.45) is -0.120. The van der Waals surface area contributed by atoms with E-state index in [4.69, 9.17) is 30.3 Å². The van der Waals surface area contributed by atoms with Gasteiger partial charge in [-0.2, -0.15) is 0 Å². The molecule has 0 saturated heterocycles. The number of carbonyl (C=O) groups is 2. The van der Waals surface area contributed by atoms with Gasteiger partial charge in [0.15, 0.2) is 0 Å². The predicted molar refractivity (Wildman–Crippen MR) is 110 cm³/mol. The molecular formula is C21H23NO5S. The molecule has 2 atom stereocenters. The van der Waals surface area contributed by atoms with E-state index in [0.29, 0.717) is 5.92 Å². The number of hydrogen-bond acceptors (Lipinski definition) is 5. The number of fused-ring (bicyclic) bond motifs is 1. The molecule has 28 heavy (non-hydrogen) atoms. The molecule has 0 spiro atoms. The summed E-state index contributed by atoms with van der Waals surface area (Å²) in [4.78, 5) is 19.4. The van der Waals surface area contributed by atoms with Crippen LogP contribution < -0.4 is 10.5 Å². The maximum Gasteiger partial charge on any atom is 0.414 e. The van der Waals surface area contributed by atoms with Gasteiger partial charge in [-0.25, -0.2) is 9.59 Å². The first-order chi connectivity index (χ1) is 13.3. The maximum atomic E-state index is 9.10. The van der Waals surface area contributed by atoms with Crippen molar-refractivity contribution < 1.29 is 24.5 Å². The maximum absolute atomic E-state index is 9.10. The number of hydrogen-bond donors (Lipinski definition) is 3. The van der Waals surface area contributed by atoms with Crippen molar-refractivity contribution in [3.05, 3.63) is 64.9 Å². The third-order valence-corrected chi connectivity index (χ3v) is 5.06. The lowest BCUT2D eigenvalue weighted by Crippen LogP contribution is -2.36. The van der Waals surface area contributed by atoms with Gasteiger partial charge < -0.3 is 20.7 Å². The van der Waals surface area contributed by atoms with Gasteiger partial charge in [-0.3, -0.25) is 0 Å². The zero-order valence-electron chi connectivity index (χ0n) is 15.6. The quantitative estimate of drug-likeness (QED) is 0.554. The van der Waals surface area contributed by atoms with Crippen LogP contribution in [0.5, 0.6) is 5.75 Å². The monoisotopic (exact) mass is 401 g/mol. The van der Waals surface area contributed by atoms with E-state index in [-0.39, 0.29) is 12.1 Å². The molecule has 2 unspecified atom stereocenters. The summed E-state index contributed by atoms with van der Waals surface area (Å²) in [5.41, 5.74) is 6.43. The van der Waals surface area contributed by atoms with Gasteiger partial charge in [-0.1, -0.05) is 56.3 Å². The topological polar surface area (TPSA) is 110 Å². The number of aliphatic carboxylic acids is 2. The minimum Gasteiger partial charge on any atom is -0.483 e. The van der Waals surface area contributed by atoms with Gasteiger partial charge in [0, 0.05) is 16.3 Å². The van der Waals surface area contributed by atoms with E-state index >= 15 is 0 Å². The second kappa shape index (κ2) is 9.87. The Morgan fingerprint density at radius 2 is 1.61 bits per heavy atom. The highest BCUT2D eigenvalue weighted by atomic mass is 32.1. The minimum atomic E-state index is -1.82. The fourth-order valence-electron chi connectivity index (χ4n) is 2.56. The van der Waals surface area contributed by atoms with Crippen LogP contribution in [-0.2, 0) is 9.59 Å². The molecule has 148 valence electrons. The van der Waals surface area contributed by atoms with Crippen LogP contribution in [0.25, 0.3) is 10.8 Å². The number of rotatable bonds is 5. The van der Waals surface area contributed by atoms with Gasteiger partial charge in [0.25, 0.3) is 0 Å². The Bertz CT molecular complexity index is 906. The predicted octanol–water partition coefficient (Wildman–Crippen LogP) is 4.16. The molecule has 0 saturated carbocycles. The minimum absolute atomic E-state index is 0.0439. The van der Waals surface area contributed by atoms with Gasteiger partial charge in [0.1, 0.15) is 11.9 Å². The summed E-state index contributed by atoms with van der Waals surface area (Å²) >= 11 is 1.70. The molecule has 0 bridgehead atoms. The summed E-state index contributed by atoms with van der Waals surface area (Å²) in [7, 11) is 0. The van der Waals surface area contributed by atoms with Gasteiger partial charge in [-0.05, 0) is 28.8 Å². The highest BCUT2D eigenvalue weighted by Crippen LogP contribution is 2.33. The van der Waals surface area contributed by atoms with Crippen LogP contribution in [0.15, 0.2) is 60.0 Å². The zero-order valence-corrected chi connectivity index (χ0v) is 16.4. The Balaban J connectivity index is 0.000000409. The number of thiophene rings is 1. The van der Waals surface area contributed by atoms with Gasteiger partial charge in [0.2, 0.25) is 0 Å². The van der Waals surface area contributed by atoms with E-state index in [1.165, 1.54) is 10.3 Å². The zero-order chi connectivity index (χ0) is 20.7. The molecule has 1 heterocycles. The summed E-state index contributed by atoms with van der Waals surface area (Å²) in [6.45, 7) is 4.27. The van der Waals surface area contributed by atoms with Crippen LogP contribution in [0.3, 0.4) is 0 Å². The van der Waals surface area contributed by atoms with Crippen LogP contribution in [-0.4, -0.2) is 28.2 Å². The molecule has 6 nitrogen and oxygen atoms in total. The van der Waals surface area contributed by atoms with E-state index in [1.807, 2.05) is 30.3 Å². The summed E-state index contributed by atoms with van der Waals surface area (Å²) in [6, 6.07) is 18.5. The fourth-order valence-corrected chi connectivity index (χ4v) is 3.38. The average Bonchev–Trinajstić information content (AvgIpc) is 3.20. The highest BCUT2D eigenvalue weighted by Gasteiger charge is 2.26. The van der Waals surface area contributed by atoms with E-state index in [9.17, 15) is 0 Å². The van der Waals surface area contributed by atoms with Crippen molar-refractivity contribution >= 4 is 34.0 Å². The Morgan fingerprint density at radius 1 is 0.964 bits per heavy atom. The molecule has 1 aromatic heterocycles. The fraction of sp³-hybridized carbons (Fsp3) is 0.238. The molecule has 0 radical (unpaired) electrons. The molecular weight excluding hydrogens is 378 g/mol. The van der Waals surface area contributed by atoms with Gasteiger partial charge in [0.05, 0.1) is 0 Å². The summed E-state index contributed by atoms with van der Waals surface area (Å²) in [5, 5.41) is 19.2. The number of benzene rings is 2. The largest absolute Gasteiger partial charge is 0.483 e. The van der Waals surface area contributed by atoms with Crippen LogP contribution in [0.2, 0.25) is 0 Å². The number of ether oxygens (including phenoxy) is 1. The van der Waals surface area contributed by atoms with Crippen molar-refractivity contribution in [2.24, 2.45) is 11.7 Å². The number of carboxylic acid groups (broad SMARTS) is 2. The molecule has 3 rings (SSSR count). The first-order valence-corrected chi connectivity index (χ1v) is 9.58.